The Hall–Kier alpha value is -1.22. The summed E-state index contributed by atoms with van der Waals surface area (Å²) in [5, 5.41) is 9.68. The largest absolute Gasteiger partial charge is 0.496 e. The molecule has 1 atom stereocenters. The summed E-state index contributed by atoms with van der Waals surface area (Å²) >= 11 is 0. The second kappa shape index (κ2) is 5.21. The van der Waals surface area contributed by atoms with Crippen molar-refractivity contribution in [3.63, 3.8) is 0 Å². The molecule has 0 aromatic heterocycles. The summed E-state index contributed by atoms with van der Waals surface area (Å²) < 4.78 is 10.7. The summed E-state index contributed by atoms with van der Waals surface area (Å²) in [4.78, 5) is 0. The molecule has 0 aliphatic rings. The number of aliphatic hydroxyl groups excluding tert-OH is 1. The molecule has 3 heteroatoms. The van der Waals surface area contributed by atoms with Gasteiger partial charge in [0.2, 0.25) is 0 Å². The molecule has 1 aromatic rings. The lowest BCUT2D eigenvalue weighted by Gasteiger charge is -2.20. The SMILES string of the molecule is COc1ccc(C(C)O)c(OC)c1C(C)C. The zero-order chi connectivity index (χ0) is 12.3. The average molecular weight is 224 g/mol. The van der Waals surface area contributed by atoms with Crippen molar-refractivity contribution in [1.29, 1.82) is 0 Å². The van der Waals surface area contributed by atoms with Crippen LogP contribution < -0.4 is 9.47 Å². The summed E-state index contributed by atoms with van der Waals surface area (Å²) in [5.74, 6) is 1.81. The van der Waals surface area contributed by atoms with Gasteiger partial charge in [0.15, 0.2) is 0 Å². The molecule has 1 N–H and O–H groups in total. The van der Waals surface area contributed by atoms with Crippen molar-refractivity contribution in [2.75, 3.05) is 14.2 Å². The van der Waals surface area contributed by atoms with Crippen LogP contribution in [0.25, 0.3) is 0 Å². The Kier molecular flexibility index (Phi) is 4.19. The van der Waals surface area contributed by atoms with Crippen molar-refractivity contribution in [3.8, 4) is 11.5 Å². The molecule has 16 heavy (non-hydrogen) atoms. The van der Waals surface area contributed by atoms with Crippen molar-refractivity contribution in [1.82, 2.24) is 0 Å². The molecule has 0 bridgehead atoms. The third-order valence-electron chi connectivity index (χ3n) is 2.64. The fourth-order valence-corrected chi connectivity index (χ4v) is 1.88. The third-order valence-corrected chi connectivity index (χ3v) is 2.64. The van der Waals surface area contributed by atoms with E-state index in [4.69, 9.17) is 9.47 Å². The van der Waals surface area contributed by atoms with Crippen LogP contribution >= 0.6 is 0 Å². The highest BCUT2D eigenvalue weighted by Gasteiger charge is 2.19. The Morgan fingerprint density at radius 1 is 1.06 bits per heavy atom. The molecular formula is C13H20O3. The first-order valence-electron chi connectivity index (χ1n) is 5.45. The van der Waals surface area contributed by atoms with Crippen LogP contribution in [-0.4, -0.2) is 19.3 Å². The molecule has 3 nitrogen and oxygen atoms in total. The van der Waals surface area contributed by atoms with Crippen molar-refractivity contribution < 1.29 is 14.6 Å². The monoisotopic (exact) mass is 224 g/mol. The molecule has 0 heterocycles. The van der Waals surface area contributed by atoms with Crippen LogP contribution in [0.3, 0.4) is 0 Å². The van der Waals surface area contributed by atoms with E-state index >= 15 is 0 Å². The van der Waals surface area contributed by atoms with Gasteiger partial charge in [0.25, 0.3) is 0 Å². The van der Waals surface area contributed by atoms with Gasteiger partial charge in [0, 0.05) is 11.1 Å². The fourth-order valence-electron chi connectivity index (χ4n) is 1.88. The topological polar surface area (TPSA) is 38.7 Å². The lowest BCUT2D eigenvalue weighted by atomic mass is 9.96. The molecule has 1 rings (SSSR count). The molecule has 0 aliphatic heterocycles. The van der Waals surface area contributed by atoms with E-state index in [0.29, 0.717) is 0 Å². The van der Waals surface area contributed by atoms with Crippen LogP contribution in [0.4, 0.5) is 0 Å². The standard InChI is InChI=1S/C13H20O3/c1-8(2)12-11(15-4)7-6-10(9(3)14)13(12)16-5/h6-9,14H,1-5H3. The molecule has 0 saturated heterocycles. The quantitative estimate of drug-likeness (QED) is 0.854. The van der Waals surface area contributed by atoms with Gasteiger partial charge in [-0.1, -0.05) is 13.8 Å². The highest BCUT2D eigenvalue weighted by molar-refractivity contribution is 5.52. The minimum atomic E-state index is -0.543. The van der Waals surface area contributed by atoms with Gasteiger partial charge < -0.3 is 14.6 Å². The predicted molar refractivity (Wildman–Crippen MR) is 64.3 cm³/mol. The first-order chi connectivity index (χ1) is 7.52. The van der Waals surface area contributed by atoms with Crippen LogP contribution in [0, 0.1) is 0 Å². The minimum Gasteiger partial charge on any atom is -0.496 e. The summed E-state index contributed by atoms with van der Waals surface area (Å²) in [6.07, 6.45) is -0.543. The molecule has 1 aromatic carbocycles. The zero-order valence-electron chi connectivity index (χ0n) is 10.6. The van der Waals surface area contributed by atoms with E-state index in [-0.39, 0.29) is 5.92 Å². The van der Waals surface area contributed by atoms with Gasteiger partial charge in [-0.15, -0.1) is 0 Å². The summed E-state index contributed by atoms with van der Waals surface area (Å²) in [7, 11) is 3.26. The lowest BCUT2D eigenvalue weighted by Crippen LogP contribution is -2.04. The maximum Gasteiger partial charge on any atom is 0.131 e. The molecule has 1 unspecified atom stereocenters. The van der Waals surface area contributed by atoms with E-state index in [1.54, 1.807) is 21.1 Å². The highest BCUT2D eigenvalue weighted by atomic mass is 16.5. The molecule has 0 radical (unpaired) electrons. The molecule has 0 fully saturated rings. The fraction of sp³-hybridized carbons (Fsp3) is 0.538. The first kappa shape index (κ1) is 12.8. The van der Waals surface area contributed by atoms with Gasteiger partial charge >= 0.3 is 0 Å². The molecular weight excluding hydrogens is 204 g/mol. The van der Waals surface area contributed by atoms with Gasteiger partial charge in [-0.05, 0) is 25.0 Å². The van der Waals surface area contributed by atoms with Gasteiger partial charge in [-0.2, -0.15) is 0 Å². The van der Waals surface area contributed by atoms with Crippen LogP contribution in [0.1, 0.15) is 43.9 Å². The van der Waals surface area contributed by atoms with Crippen LogP contribution in [0.2, 0.25) is 0 Å². The summed E-state index contributed by atoms with van der Waals surface area (Å²) in [6.45, 7) is 5.88. The van der Waals surface area contributed by atoms with Gasteiger partial charge in [0.05, 0.1) is 20.3 Å². The van der Waals surface area contributed by atoms with Crippen LogP contribution in [0.15, 0.2) is 12.1 Å². The van der Waals surface area contributed by atoms with Gasteiger partial charge in [-0.25, -0.2) is 0 Å². The number of hydrogen-bond acceptors (Lipinski definition) is 3. The smallest absolute Gasteiger partial charge is 0.131 e. The van der Waals surface area contributed by atoms with E-state index in [0.717, 1.165) is 22.6 Å². The zero-order valence-corrected chi connectivity index (χ0v) is 10.6. The van der Waals surface area contributed by atoms with Crippen molar-refractivity contribution in [2.45, 2.75) is 32.8 Å². The van der Waals surface area contributed by atoms with Crippen molar-refractivity contribution in [2.24, 2.45) is 0 Å². The number of rotatable bonds is 4. The maximum atomic E-state index is 9.68. The van der Waals surface area contributed by atoms with Crippen LogP contribution in [0.5, 0.6) is 11.5 Å². The first-order valence-corrected chi connectivity index (χ1v) is 5.45. The number of ether oxygens (including phenoxy) is 2. The second-order valence-corrected chi connectivity index (χ2v) is 4.13. The van der Waals surface area contributed by atoms with E-state index in [1.807, 2.05) is 12.1 Å². The van der Waals surface area contributed by atoms with Crippen molar-refractivity contribution in [3.05, 3.63) is 23.3 Å². The average Bonchev–Trinajstić information content (AvgIpc) is 2.26. The predicted octanol–water partition coefficient (Wildman–Crippen LogP) is 2.88. The Labute approximate surface area is 97.0 Å². The Balaban J connectivity index is 3.43. The Morgan fingerprint density at radius 2 is 1.69 bits per heavy atom. The van der Waals surface area contributed by atoms with Crippen molar-refractivity contribution >= 4 is 0 Å². The second-order valence-electron chi connectivity index (χ2n) is 4.13. The van der Waals surface area contributed by atoms with E-state index in [9.17, 15) is 5.11 Å². The van der Waals surface area contributed by atoms with E-state index in [2.05, 4.69) is 13.8 Å². The lowest BCUT2D eigenvalue weighted by molar-refractivity contribution is 0.193. The number of hydrogen-bond donors (Lipinski definition) is 1. The molecule has 0 saturated carbocycles. The highest BCUT2D eigenvalue weighted by Crippen LogP contribution is 2.39. The van der Waals surface area contributed by atoms with Gasteiger partial charge in [-0.3, -0.25) is 0 Å². The third kappa shape index (κ3) is 2.30. The molecule has 0 spiro atoms. The normalized spacial score (nSPS) is 12.7. The molecule has 0 amide bonds. The van der Waals surface area contributed by atoms with E-state index < -0.39 is 6.10 Å². The number of benzene rings is 1. The van der Waals surface area contributed by atoms with Crippen LogP contribution in [-0.2, 0) is 0 Å². The number of aliphatic hydroxyl groups is 1. The Bertz CT molecular complexity index is 356. The summed E-state index contributed by atoms with van der Waals surface area (Å²) in [6, 6.07) is 3.72. The van der Waals surface area contributed by atoms with E-state index in [1.165, 1.54) is 0 Å². The molecule has 0 aliphatic carbocycles. The molecule has 90 valence electrons. The minimum absolute atomic E-state index is 0.281. The maximum absolute atomic E-state index is 9.68. The van der Waals surface area contributed by atoms with Gasteiger partial charge in [0.1, 0.15) is 11.5 Å². The number of methoxy groups -OCH3 is 2. The Morgan fingerprint density at radius 3 is 2.06 bits per heavy atom. The summed E-state index contributed by atoms with van der Waals surface area (Å²) in [5.41, 5.74) is 1.80.